The third kappa shape index (κ3) is 5.33. The summed E-state index contributed by atoms with van der Waals surface area (Å²) in [6.07, 6.45) is 1.72. The van der Waals surface area contributed by atoms with Crippen LogP contribution in [-0.2, 0) is 10.0 Å². The zero-order valence-electron chi connectivity index (χ0n) is 16.2. The Kier molecular flexibility index (Phi) is 6.89. The van der Waals surface area contributed by atoms with Crippen LogP contribution in [0.1, 0.15) is 23.7 Å². The normalized spacial score (nSPS) is 11.9. The maximum absolute atomic E-state index is 12.9. The van der Waals surface area contributed by atoms with Crippen LogP contribution in [0.2, 0.25) is 4.34 Å². The van der Waals surface area contributed by atoms with Gasteiger partial charge in [-0.05, 0) is 30.7 Å². The average molecular weight is 452 g/mol. The summed E-state index contributed by atoms with van der Waals surface area (Å²) in [5.41, 5.74) is 1.96. The van der Waals surface area contributed by atoms with Gasteiger partial charge in [-0.15, -0.1) is 11.3 Å². The van der Waals surface area contributed by atoms with Gasteiger partial charge < -0.3 is 5.32 Å². The number of nitrogens with one attached hydrogen (secondary N) is 1. The fourth-order valence-corrected chi connectivity index (χ4v) is 4.99. The number of pyridine rings is 1. The molecule has 0 atom stereocenters. The number of hydrogen-bond acceptors (Lipinski definition) is 5. The van der Waals surface area contributed by atoms with E-state index in [0.717, 1.165) is 15.8 Å². The molecule has 2 aromatic heterocycles. The maximum atomic E-state index is 12.9. The molecule has 3 aromatic rings. The lowest BCUT2D eigenvalue weighted by Gasteiger charge is -2.17. The van der Waals surface area contributed by atoms with Crippen LogP contribution in [0.15, 0.2) is 42.5 Å². The highest BCUT2D eigenvalue weighted by molar-refractivity contribution is 7.88. The topological polar surface area (TPSA) is 79.4 Å². The van der Waals surface area contributed by atoms with Gasteiger partial charge in [-0.1, -0.05) is 36.7 Å². The molecule has 3 rings (SSSR count). The van der Waals surface area contributed by atoms with Crippen LogP contribution in [-0.4, -0.2) is 49.5 Å². The van der Waals surface area contributed by atoms with Gasteiger partial charge in [-0.3, -0.25) is 4.79 Å². The van der Waals surface area contributed by atoms with E-state index in [-0.39, 0.29) is 5.91 Å². The minimum atomic E-state index is -3.23. The van der Waals surface area contributed by atoms with Crippen molar-refractivity contribution in [1.29, 1.82) is 0 Å². The summed E-state index contributed by atoms with van der Waals surface area (Å²) in [5.74, 6) is -0.213. The Balaban J connectivity index is 1.78. The number of sulfonamides is 1. The van der Waals surface area contributed by atoms with E-state index in [0.29, 0.717) is 41.6 Å². The lowest BCUT2D eigenvalue weighted by molar-refractivity contribution is 0.0954. The van der Waals surface area contributed by atoms with Crippen molar-refractivity contribution in [2.24, 2.45) is 0 Å². The molecule has 0 saturated carbocycles. The second kappa shape index (κ2) is 9.21. The predicted octanol–water partition coefficient (Wildman–Crippen LogP) is 4.02. The molecule has 0 fully saturated rings. The van der Waals surface area contributed by atoms with Gasteiger partial charge in [0.05, 0.1) is 32.2 Å². The molecule has 0 spiro atoms. The first-order chi connectivity index (χ1) is 13.8. The van der Waals surface area contributed by atoms with Crippen molar-refractivity contribution in [3.8, 4) is 10.6 Å². The highest BCUT2D eigenvalue weighted by Gasteiger charge is 2.16. The Labute approximate surface area is 179 Å². The van der Waals surface area contributed by atoms with Crippen LogP contribution in [0, 0.1) is 0 Å². The Bertz CT molecular complexity index is 1130. The smallest absolute Gasteiger partial charge is 0.252 e. The molecule has 1 aromatic carbocycles. The summed E-state index contributed by atoms with van der Waals surface area (Å²) in [5, 5.41) is 3.66. The predicted molar refractivity (Wildman–Crippen MR) is 119 cm³/mol. The number of amides is 1. The van der Waals surface area contributed by atoms with Gasteiger partial charge >= 0.3 is 0 Å². The number of halogens is 1. The number of benzene rings is 1. The van der Waals surface area contributed by atoms with Gasteiger partial charge in [0.2, 0.25) is 10.0 Å². The largest absolute Gasteiger partial charge is 0.352 e. The van der Waals surface area contributed by atoms with E-state index in [1.165, 1.54) is 21.9 Å². The number of thiophene rings is 1. The number of fused-ring (bicyclic) bond motifs is 1. The molecule has 29 heavy (non-hydrogen) atoms. The second-order valence-corrected chi connectivity index (χ2v) is 10.2. The van der Waals surface area contributed by atoms with Crippen molar-refractivity contribution >= 4 is 49.8 Å². The molecule has 1 N–H and O–H groups in total. The first-order valence-corrected chi connectivity index (χ1v) is 12.2. The SMILES string of the molecule is CCN(CCCNC(=O)c1cc(-c2ccc(Cl)s2)nc2ccccc12)S(C)(=O)=O. The van der Waals surface area contributed by atoms with Crippen LogP contribution in [0.3, 0.4) is 0 Å². The molecule has 1 amide bonds. The average Bonchev–Trinajstić information content (AvgIpc) is 3.12. The monoisotopic (exact) mass is 451 g/mol. The third-order valence-electron chi connectivity index (χ3n) is 4.48. The summed E-state index contributed by atoms with van der Waals surface area (Å²) >= 11 is 7.46. The Hall–Kier alpha value is -2.00. The molecule has 6 nitrogen and oxygen atoms in total. The minimum Gasteiger partial charge on any atom is -0.352 e. The van der Waals surface area contributed by atoms with Crippen LogP contribution in [0.4, 0.5) is 0 Å². The van der Waals surface area contributed by atoms with Gasteiger partial charge in [0.1, 0.15) is 0 Å². The lowest BCUT2D eigenvalue weighted by Crippen LogP contribution is -2.33. The van der Waals surface area contributed by atoms with Crippen LogP contribution < -0.4 is 5.32 Å². The van der Waals surface area contributed by atoms with Crippen LogP contribution in [0.5, 0.6) is 0 Å². The molecular weight excluding hydrogens is 430 g/mol. The van der Waals surface area contributed by atoms with Crippen molar-refractivity contribution in [2.75, 3.05) is 25.9 Å². The molecular formula is C20H22ClN3O3S2. The standard InChI is InChI=1S/C20H22ClN3O3S2/c1-3-24(29(2,26)27)12-6-11-22-20(25)15-13-17(18-9-10-19(21)28-18)23-16-8-5-4-7-14(15)16/h4-5,7-10,13H,3,6,11-12H2,1-2H3,(H,22,25). The number of nitrogens with zero attached hydrogens (tertiary/aromatic N) is 2. The van der Waals surface area contributed by atoms with Gasteiger partial charge in [-0.25, -0.2) is 17.7 Å². The second-order valence-electron chi connectivity index (χ2n) is 6.54. The summed E-state index contributed by atoms with van der Waals surface area (Å²) in [6, 6.07) is 13.0. The van der Waals surface area contributed by atoms with Crippen molar-refractivity contribution < 1.29 is 13.2 Å². The molecule has 0 radical (unpaired) electrons. The van der Waals surface area contributed by atoms with E-state index in [9.17, 15) is 13.2 Å². The van der Waals surface area contributed by atoms with Gasteiger partial charge in [0.25, 0.3) is 5.91 Å². The zero-order valence-corrected chi connectivity index (χ0v) is 18.6. The van der Waals surface area contributed by atoms with Crippen LogP contribution >= 0.6 is 22.9 Å². The van der Waals surface area contributed by atoms with Crippen molar-refractivity contribution in [2.45, 2.75) is 13.3 Å². The number of aromatic nitrogens is 1. The number of carbonyl (C=O) groups excluding carboxylic acids is 1. The lowest BCUT2D eigenvalue weighted by atomic mass is 10.1. The fraction of sp³-hybridized carbons (Fsp3) is 0.300. The minimum absolute atomic E-state index is 0.213. The Morgan fingerprint density at radius 3 is 2.66 bits per heavy atom. The Morgan fingerprint density at radius 1 is 1.24 bits per heavy atom. The number of carbonyl (C=O) groups is 1. The van der Waals surface area contributed by atoms with E-state index in [1.54, 1.807) is 19.1 Å². The number of hydrogen-bond donors (Lipinski definition) is 1. The fourth-order valence-electron chi connectivity index (χ4n) is 3.05. The Morgan fingerprint density at radius 2 is 2.00 bits per heavy atom. The summed E-state index contributed by atoms with van der Waals surface area (Å²) in [7, 11) is -3.23. The van der Waals surface area contributed by atoms with Crippen LogP contribution in [0.25, 0.3) is 21.5 Å². The van der Waals surface area contributed by atoms with Gasteiger partial charge in [-0.2, -0.15) is 0 Å². The highest BCUT2D eigenvalue weighted by Crippen LogP contribution is 2.32. The van der Waals surface area contributed by atoms with E-state index in [2.05, 4.69) is 10.3 Å². The summed E-state index contributed by atoms with van der Waals surface area (Å²) in [4.78, 5) is 18.4. The third-order valence-corrected chi connectivity index (χ3v) is 7.11. The highest BCUT2D eigenvalue weighted by atomic mass is 35.5. The van der Waals surface area contributed by atoms with Gasteiger partial charge in [0, 0.05) is 25.0 Å². The summed E-state index contributed by atoms with van der Waals surface area (Å²) in [6.45, 7) is 2.95. The number of para-hydroxylation sites is 1. The molecule has 9 heteroatoms. The first kappa shape index (κ1) is 21.7. The molecule has 0 saturated heterocycles. The van der Waals surface area contributed by atoms with Crippen molar-refractivity contribution in [3.63, 3.8) is 0 Å². The van der Waals surface area contributed by atoms with E-state index < -0.39 is 10.0 Å². The number of rotatable bonds is 8. The molecule has 154 valence electrons. The van der Waals surface area contributed by atoms with Crippen molar-refractivity contribution in [3.05, 3.63) is 52.4 Å². The van der Waals surface area contributed by atoms with Gasteiger partial charge in [0.15, 0.2) is 0 Å². The molecule has 0 bridgehead atoms. The molecule has 0 unspecified atom stereocenters. The van der Waals surface area contributed by atoms with E-state index in [1.807, 2.05) is 30.3 Å². The molecule has 0 aliphatic heterocycles. The summed E-state index contributed by atoms with van der Waals surface area (Å²) < 4.78 is 25.4. The van der Waals surface area contributed by atoms with Crippen molar-refractivity contribution in [1.82, 2.24) is 14.6 Å². The maximum Gasteiger partial charge on any atom is 0.252 e. The quantitative estimate of drug-likeness (QED) is 0.524. The first-order valence-electron chi connectivity index (χ1n) is 9.18. The molecule has 0 aliphatic carbocycles. The zero-order chi connectivity index (χ0) is 21.0. The van der Waals surface area contributed by atoms with E-state index >= 15 is 0 Å². The van der Waals surface area contributed by atoms with E-state index in [4.69, 9.17) is 11.6 Å². The molecule has 0 aliphatic rings. The molecule has 2 heterocycles.